The van der Waals surface area contributed by atoms with Gasteiger partial charge in [-0.05, 0) is 112 Å². The summed E-state index contributed by atoms with van der Waals surface area (Å²) in [6, 6.07) is 52.7. The first-order valence-corrected chi connectivity index (χ1v) is 26.8. The number of pyridine rings is 3. The fraction of sp³-hybridized carbons (Fsp3) is 0.250. The molecule has 5 aromatic carbocycles. The maximum absolute atomic E-state index is 6.39. The van der Waals surface area contributed by atoms with Gasteiger partial charge in [0.1, 0.15) is 11.2 Å². The maximum atomic E-state index is 6.39. The number of fused-ring (bicyclic) bond motifs is 3. The van der Waals surface area contributed by atoms with Crippen LogP contribution in [-0.4, -0.2) is 23.0 Å². The van der Waals surface area contributed by atoms with Gasteiger partial charge in [0.2, 0.25) is 0 Å². The third kappa shape index (κ3) is 12.4. The molecule has 0 saturated heterocycles. The molecular weight excluding hydrogens is 999 g/mol. The van der Waals surface area contributed by atoms with Gasteiger partial charge in [0.05, 0.1) is 25.2 Å². The minimum Gasteiger partial charge on any atom is -0.455 e. The molecule has 0 aliphatic carbocycles. The van der Waals surface area contributed by atoms with E-state index in [1.54, 1.807) is 0 Å². The molecule has 339 valence electrons. The van der Waals surface area contributed by atoms with Crippen LogP contribution in [0.15, 0.2) is 175 Å². The van der Waals surface area contributed by atoms with Gasteiger partial charge in [0.15, 0.2) is 0 Å². The number of hydrogen-bond donors (Lipinski definition) is 0. The first kappa shape index (κ1) is 49.6. The molecule has 0 saturated carbocycles. The van der Waals surface area contributed by atoms with Crippen LogP contribution in [0.5, 0.6) is 0 Å². The molecule has 0 aliphatic rings. The number of nitrogens with zero attached hydrogens (tertiary/aromatic N) is 3. The van der Waals surface area contributed by atoms with Crippen molar-refractivity contribution in [2.45, 2.75) is 86.9 Å². The fourth-order valence-electron chi connectivity index (χ4n) is 8.60. The summed E-state index contributed by atoms with van der Waals surface area (Å²) in [6.07, 6.45) is 8.26. The zero-order valence-corrected chi connectivity index (χ0v) is 43.8. The quantitative estimate of drug-likeness (QED) is 0.128. The Balaban J connectivity index is 0.000000171. The standard InChI is InChI=1S/C27H23NO.C18H25NSi.C15H17N.Ir/c1-17(2)23-15-24(28-16-18(23)3)21-12-7-13-22-26-20(19-9-5-4-6-10-19)11-8-14-25(26)29-27(21)22;1-14(2)11-16-12-17(15-9-7-6-8-10-15)19-13-18(16)20(3,4)5;1-12(2)10-13-8-9-16-15(11-13)14-6-4-3-5-7-14;/h4-17H,1-3H3;6-10,12-14H,11H2,1-5H3;3-9,11-12H,10H2,1-2H3;. The third-order valence-electron chi connectivity index (χ3n) is 11.7. The van der Waals surface area contributed by atoms with E-state index < -0.39 is 8.07 Å². The van der Waals surface area contributed by atoms with Crippen molar-refractivity contribution in [1.82, 2.24) is 15.0 Å². The Morgan fingerprint density at radius 2 is 1.09 bits per heavy atom. The maximum Gasteiger partial charge on any atom is 0.144 e. The Bertz CT molecular complexity index is 2950. The zero-order chi connectivity index (χ0) is 46.1. The predicted molar refractivity (Wildman–Crippen MR) is 281 cm³/mol. The number of benzene rings is 5. The van der Waals surface area contributed by atoms with Crippen LogP contribution in [0.1, 0.15) is 69.7 Å². The van der Waals surface area contributed by atoms with Gasteiger partial charge in [-0.3, -0.25) is 15.0 Å². The number of rotatable bonds is 10. The Kier molecular flexibility index (Phi) is 17.0. The molecule has 0 N–H and O–H groups in total. The molecule has 0 unspecified atom stereocenters. The van der Waals surface area contributed by atoms with Gasteiger partial charge in [-0.15, -0.1) is 0 Å². The second-order valence-electron chi connectivity index (χ2n) is 19.4. The second-order valence-corrected chi connectivity index (χ2v) is 24.4. The summed E-state index contributed by atoms with van der Waals surface area (Å²) in [5.74, 6) is 1.82. The summed E-state index contributed by atoms with van der Waals surface area (Å²) < 4.78 is 6.39. The summed E-state index contributed by atoms with van der Waals surface area (Å²) in [5, 5.41) is 3.79. The van der Waals surface area contributed by atoms with Crippen LogP contribution >= 0.6 is 0 Å². The van der Waals surface area contributed by atoms with Crippen molar-refractivity contribution in [3.8, 4) is 44.9 Å². The van der Waals surface area contributed by atoms with Gasteiger partial charge in [0.25, 0.3) is 0 Å². The van der Waals surface area contributed by atoms with Crippen LogP contribution in [0.3, 0.4) is 0 Å². The van der Waals surface area contributed by atoms with Gasteiger partial charge in [-0.25, -0.2) is 0 Å². The first-order chi connectivity index (χ1) is 31.3. The first-order valence-electron chi connectivity index (χ1n) is 23.3. The third-order valence-corrected chi connectivity index (χ3v) is 13.7. The van der Waals surface area contributed by atoms with E-state index in [-0.39, 0.29) is 20.1 Å². The second kappa shape index (κ2) is 22.6. The minimum atomic E-state index is -1.33. The molecule has 4 heterocycles. The Morgan fingerprint density at radius 1 is 0.530 bits per heavy atom. The SMILES string of the molecule is CC(C)Cc1cc(-c2ccccc2)ncc1[Si](C)(C)C.CC(C)Cc1ccnc(-c2ccccc2)c1.Cc1cnc(-c2cccc3c2oc2cccc(-c4ccccc4)c23)cc1C(C)C.[Ir]. The van der Waals surface area contributed by atoms with Crippen molar-refractivity contribution >= 4 is 35.2 Å². The van der Waals surface area contributed by atoms with Crippen LogP contribution in [0.4, 0.5) is 0 Å². The summed E-state index contributed by atoms with van der Waals surface area (Å²) in [4.78, 5) is 13.9. The molecule has 4 nitrogen and oxygen atoms in total. The summed E-state index contributed by atoms with van der Waals surface area (Å²) in [7, 11) is -1.33. The number of aryl methyl sites for hydroxylation is 1. The smallest absolute Gasteiger partial charge is 0.144 e. The van der Waals surface area contributed by atoms with Gasteiger partial charge in [-0.2, -0.15) is 0 Å². The minimum absolute atomic E-state index is 0. The van der Waals surface area contributed by atoms with Crippen LogP contribution in [0, 0.1) is 18.8 Å². The van der Waals surface area contributed by atoms with Crippen molar-refractivity contribution in [1.29, 1.82) is 0 Å². The van der Waals surface area contributed by atoms with Gasteiger partial charge in [-0.1, -0.05) is 176 Å². The summed E-state index contributed by atoms with van der Waals surface area (Å²) in [6.45, 7) is 22.8. The largest absolute Gasteiger partial charge is 0.455 e. The summed E-state index contributed by atoms with van der Waals surface area (Å²) >= 11 is 0. The average Bonchev–Trinajstić information content (AvgIpc) is 3.69. The number of furan rings is 1. The van der Waals surface area contributed by atoms with Crippen molar-refractivity contribution in [2.24, 2.45) is 11.8 Å². The fourth-order valence-corrected chi connectivity index (χ4v) is 10.2. The number of aromatic nitrogens is 3. The molecule has 1 radical (unpaired) electrons. The van der Waals surface area contributed by atoms with E-state index in [0.29, 0.717) is 17.8 Å². The van der Waals surface area contributed by atoms with Crippen molar-refractivity contribution in [2.75, 3.05) is 0 Å². The average molecular weight is 1060 g/mol. The molecule has 4 aromatic heterocycles. The van der Waals surface area contributed by atoms with E-state index in [2.05, 4.69) is 201 Å². The van der Waals surface area contributed by atoms with E-state index in [4.69, 9.17) is 14.4 Å². The van der Waals surface area contributed by atoms with Crippen molar-refractivity contribution in [3.05, 3.63) is 193 Å². The van der Waals surface area contributed by atoms with Crippen LogP contribution in [0.2, 0.25) is 19.6 Å². The molecule has 0 spiro atoms. The normalized spacial score (nSPS) is 11.3. The van der Waals surface area contributed by atoms with Gasteiger partial charge < -0.3 is 4.42 Å². The number of para-hydroxylation sites is 1. The van der Waals surface area contributed by atoms with E-state index in [0.717, 1.165) is 57.4 Å². The molecule has 0 atom stereocenters. The van der Waals surface area contributed by atoms with E-state index >= 15 is 0 Å². The Labute approximate surface area is 408 Å². The molecule has 66 heavy (non-hydrogen) atoms. The predicted octanol–water partition coefficient (Wildman–Crippen LogP) is 16.2. The van der Waals surface area contributed by atoms with Crippen LogP contribution < -0.4 is 5.19 Å². The Hall–Kier alpha value is -5.78. The van der Waals surface area contributed by atoms with Crippen LogP contribution in [-0.2, 0) is 32.9 Å². The molecule has 0 aliphatic heterocycles. The molecule has 9 rings (SSSR count). The Morgan fingerprint density at radius 3 is 1.68 bits per heavy atom. The molecular formula is C60H65IrN3OSi. The van der Waals surface area contributed by atoms with Crippen molar-refractivity contribution in [3.63, 3.8) is 0 Å². The molecule has 6 heteroatoms. The zero-order valence-electron chi connectivity index (χ0n) is 40.4. The van der Waals surface area contributed by atoms with Crippen LogP contribution in [0.25, 0.3) is 66.8 Å². The molecule has 0 bridgehead atoms. The molecule has 0 fully saturated rings. The topological polar surface area (TPSA) is 51.8 Å². The summed E-state index contributed by atoms with van der Waals surface area (Å²) in [5.41, 5.74) is 16.2. The van der Waals surface area contributed by atoms with Gasteiger partial charge in [0, 0.05) is 66.2 Å². The number of hydrogen-bond acceptors (Lipinski definition) is 4. The monoisotopic (exact) mass is 1060 g/mol. The molecule has 9 aromatic rings. The van der Waals surface area contributed by atoms with E-state index in [9.17, 15) is 0 Å². The van der Waals surface area contributed by atoms with E-state index in [1.807, 2.05) is 42.7 Å². The van der Waals surface area contributed by atoms with Crippen molar-refractivity contribution < 1.29 is 24.5 Å². The van der Waals surface area contributed by atoms with Gasteiger partial charge >= 0.3 is 0 Å². The molecule has 0 amide bonds. The van der Waals surface area contributed by atoms with E-state index in [1.165, 1.54) is 49.7 Å².